The van der Waals surface area contributed by atoms with Crippen LogP contribution in [0, 0.1) is 18.3 Å². The van der Waals surface area contributed by atoms with Gasteiger partial charge in [-0.15, -0.1) is 6.42 Å². The van der Waals surface area contributed by atoms with Crippen molar-refractivity contribution in [3.63, 3.8) is 0 Å². The standard InChI is InChI=1S/C23H27N6O8P/c1-4-15-18(30)16(36-21(15)28-12-25-17-19(28)26-23(24)27-20(17)31)11-35-38(34,29(5-2)13(3)22(32)33)37-14-9-7-6-8-10-14/h1,6-10,12-13,15-16,18,21,30H,5,11H2,2-3H3,(H,32,33)(H3,24,26,27,31)/t13-,15+,16+,18-,21+,38+/m0/s1. The van der Waals surface area contributed by atoms with Gasteiger partial charge in [-0.05, 0) is 19.1 Å². The Hall–Kier alpha value is -3.73. The number of aliphatic carboxylic acids is 1. The molecule has 3 heterocycles. The summed E-state index contributed by atoms with van der Waals surface area (Å²) in [4.78, 5) is 34.4. The number of anilines is 1. The average molecular weight is 546 g/mol. The Morgan fingerprint density at radius 2 is 2.13 bits per heavy atom. The van der Waals surface area contributed by atoms with E-state index in [1.54, 1.807) is 37.3 Å². The number of carboxylic acid groups (broad SMARTS) is 1. The number of nitrogens with two attached hydrogens (primary N) is 1. The summed E-state index contributed by atoms with van der Waals surface area (Å²) in [5.74, 6) is 0.350. The van der Waals surface area contributed by atoms with Gasteiger partial charge in [0.15, 0.2) is 17.4 Å². The number of ether oxygens (including phenoxy) is 1. The van der Waals surface area contributed by atoms with Crippen LogP contribution >= 0.6 is 7.75 Å². The van der Waals surface area contributed by atoms with Crippen LogP contribution in [0.3, 0.4) is 0 Å². The molecule has 1 aliphatic rings. The van der Waals surface area contributed by atoms with E-state index < -0.39 is 56.3 Å². The number of imidazole rings is 1. The Kier molecular flexibility index (Phi) is 7.86. The molecule has 2 aromatic heterocycles. The number of benzene rings is 1. The van der Waals surface area contributed by atoms with Gasteiger partial charge >= 0.3 is 13.7 Å². The number of nitrogen functional groups attached to an aromatic ring is 1. The number of likely N-dealkylation sites (N-methyl/N-ethyl adjacent to an activating group) is 1. The minimum Gasteiger partial charge on any atom is -0.480 e. The Labute approximate surface area is 216 Å². The van der Waals surface area contributed by atoms with Crippen molar-refractivity contribution in [3.8, 4) is 18.1 Å². The molecule has 202 valence electrons. The Morgan fingerprint density at radius 1 is 1.42 bits per heavy atom. The van der Waals surface area contributed by atoms with Gasteiger partial charge in [-0.2, -0.15) is 9.65 Å². The van der Waals surface area contributed by atoms with E-state index in [0.29, 0.717) is 0 Å². The van der Waals surface area contributed by atoms with Gasteiger partial charge in [0.2, 0.25) is 5.95 Å². The zero-order chi connectivity index (χ0) is 27.6. The lowest BCUT2D eigenvalue weighted by Gasteiger charge is -2.32. The monoisotopic (exact) mass is 546 g/mol. The van der Waals surface area contributed by atoms with Crippen molar-refractivity contribution < 1.29 is 33.4 Å². The number of nitrogens with one attached hydrogen (secondary N) is 1. The third-order valence-electron chi connectivity index (χ3n) is 6.10. The number of hydrogen-bond acceptors (Lipinski definition) is 10. The first kappa shape index (κ1) is 27.3. The molecule has 0 radical (unpaired) electrons. The quantitative estimate of drug-likeness (QED) is 0.210. The van der Waals surface area contributed by atoms with Crippen molar-refractivity contribution in [2.45, 2.75) is 38.3 Å². The minimum absolute atomic E-state index is 0.00484. The van der Waals surface area contributed by atoms with E-state index in [1.807, 2.05) is 0 Å². The van der Waals surface area contributed by atoms with Crippen molar-refractivity contribution in [1.29, 1.82) is 0 Å². The Balaban J connectivity index is 1.62. The predicted octanol–water partition coefficient (Wildman–Crippen LogP) is 1.21. The molecule has 1 aromatic carbocycles. The molecule has 0 saturated carbocycles. The summed E-state index contributed by atoms with van der Waals surface area (Å²) in [6, 6.07) is 6.92. The highest BCUT2D eigenvalue weighted by Gasteiger charge is 2.47. The van der Waals surface area contributed by atoms with Crippen LogP contribution in [-0.2, 0) is 18.6 Å². The van der Waals surface area contributed by atoms with Gasteiger partial charge in [0.1, 0.15) is 24.0 Å². The molecule has 0 amide bonds. The maximum Gasteiger partial charge on any atom is 0.462 e. The SMILES string of the molecule is C#C[C@@H]1[C@H](O)[C@@H](CO[P@@](=O)(Oc2ccccc2)N(CC)[C@@H](C)C(=O)O)O[C@H]1n1cnc2c(=O)[nH]c(N)nc21. The number of aliphatic hydroxyl groups is 1. The van der Waals surface area contributed by atoms with Crippen LogP contribution in [0.5, 0.6) is 5.75 Å². The lowest BCUT2D eigenvalue weighted by molar-refractivity contribution is -0.141. The lowest BCUT2D eigenvalue weighted by Crippen LogP contribution is -2.39. The second-order valence-corrected chi connectivity index (χ2v) is 10.4. The smallest absolute Gasteiger partial charge is 0.462 e. The number of carbonyl (C=O) groups is 1. The van der Waals surface area contributed by atoms with Crippen LogP contribution in [-0.4, -0.2) is 71.8 Å². The summed E-state index contributed by atoms with van der Waals surface area (Å²) in [7, 11) is -4.28. The van der Waals surface area contributed by atoms with E-state index in [2.05, 4.69) is 20.9 Å². The molecule has 3 aromatic rings. The van der Waals surface area contributed by atoms with Crippen molar-refractivity contribution >= 4 is 30.8 Å². The molecule has 6 atom stereocenters. The van der Waals surface area contributed by atoms with E-state index >= 15 is 0 Å². The number of carboxylic acids is 1. The largest absolute Gasteiger partial charge is 0.480 e. The first-order valence-electron chi connectivity index (χ1n) is 11.6. The van der Waals surface area contributed by atoms with Crippen molar-refractivity contribution in [2.75, 3.05) is 18.9 Å². The van der Waals surface area contributed by atoms with Gasteiger partial charge in [-0.1, -0.05) is 31.0 Å². The number of terminal acetylenes is 1. The van der Waals surface area contributed by atoms with Crippen LogP contribution in [0.15, 0.2) is 41.5 Å². The third-order valence-corrected chi connectivity index (χ3v) is 8.27. The summed E-state index contributed by atoms with van der Waals surface area (Å²) >= 11 is 0. The number of hydrogen-bond donors (Lipinski definition) is 4. The Morgan fingerprint density at radius 3 is 2.76 bits per heavy atom. The molecule has 0 aliphatic carbocycles. The van der Waals surface area contributed by atoms with Gasteiger partial charge in [0.25, 0.3) is 5.56 Å². The predicted molar refractivity (Wildman–Crippen MR) is 135 cm³/mol. The number of fused-ring (bicyclic) bond motifs is 1. The summed E-state index contributed by atoms with van der Waals surface area (Å²) < 4.78 is 33.9. The first-order valence-corrected chi connectivity index (χ1v) is 13.1. The number of nitrogens with zero attached hydrogens (tertiary/aromatic N) is 4. The van der Waals surface area contributed by atoms with Gasteiger partial charge < -0.3 is 25.2 Å². The molecule has 1 fully saturated rings. The molecule has 38 heavy (non-hydrogen) atoms. The van der Waals surface area contributed by atoms with Crippen molar-refractivity contribution in [3.05, 3.63) is 47.0 Å². The molecule has 0 bridgehead atoms. The summed E-state index contributed by atoms with van der Waals surface area (Å²) in [6.07, 6.45) is 3.55. The van der Waals surface area contributed by atoms with Crippen LogP contribution in [0.4, 0.5) is 5.95 Å². The highest BCUT2D eigenvalue weighted by molar-refractivity contribution is 7.51. The van der Waals surface area contributed by atoms with E-state index in [4.69, 9.17) is 25.9 Å². The topological polar surface area (TPSA) is 195 Å². The van der Waals surface area contributed by atoms with Gasteiger partial charge in [-0.25, -0.2) is 9.55 Å². The summed E-state index contributed by atoms with van der Waals surface area (Å²) in [5, 5.41) is 20.5. The number of aromatic amines is 1. The fraction of sp³-hybridized carbons (Fsp3) is 0.391. The lowest BCUT2D eigenvalue weighted by atomic mass is 10.0. The van der Waals surface area contributed by atoms with Crippen LogP contribution in [0.1, 0.15) is 20.1 Å². The van der Waals surface area contributed by atoms with Crippen molar-refractivity contribution in [1.82, 2.24) is 24.2 Å². The van der Waals surface area contributed by atoms with E-state index in [-0.39, 0.29) is 29.4 Å². The maximum atomic E-state index is 14.0. The van der Waals surface area contributed by atoms with Gasteiger partial charge in [0, 0.05) is 6.54 Å². The van der Waals surface area contributed by atoms with E-state index in [1.165, 1.54) is 17.8 Å². The van der Waals surface area contributed by atoms with Crippen LogP contribution in [0.2, 0.25) is 0 Å². The fourth-order valence-electron chi connectivity index (χ4n) is 4.15. The molecule has 14 nitrogen and oxygen atoms in total. The van der Waals surface area contributed by atoms with Gasteiger partial charge in [0.05, 0.1) is 18.9 Å². The number of para-hydroxylation sites is 1. The Bertz CT molecular complexity index is 1450. The zero-order valence-electron chi connectivity index (χ0n) is 20.5. The maximum absolute atomic E-state index is 14.0. The highest BCUT2D eigenvalue weighted by atomic mass is 31.2. The van der Waals surface area contributed by atoms with E-state index in [9.17, 15) is 24.4 Å². The number of rotatable bonds is 10. The number of H-pyrrole nitrogens is 1. The first-order chi connectivity index (χ1) is 18.1. The molecule has 0 spiro atoms. The summed E-state index contributed by atoms with van der Waals surface area (Å²) in [6.45, 7) is 2.52. The van der Waals surface area contributed by atoms with Crippen LogP contribution in [0.25, 0.3) is 11.2 Å². The molecule has 4 rings (SSSR count). The highest BCUT2D eigenvalue weighted by Crippen LogP contribution is 2.53. The second-order valence-electron chi connectivity index (χ2n) is 8.46. The molecule has 1 aliphatic heterocycles. The minimum atomic E-state index is -4.28. The normalized spacial score (nSPS) is 23.7. The number of aromatic nitrogens is 4. The van der Waals surface area contributed by atoms with Gasteiger partial charge in [-0.3, -0.25) is 23.7 Å². The van der Waals surface area contributed by atoms with Crippen LogP contribution < -0.4 is 15.8 Å². The fourth-order valence-corrected chi connectivity index (χ4v) is 6.05. The summed E-state index contributed by atoms with van der Waals surface area (Å²) in [5.41, 5.74) is 5.20. The average Bonchev–Trinajstić information content (AvgIpc) is 3.44. The molecule has 5 N–H and O–H groups in total. The van der Waals surface area contributed by atoms with Crippen molar-refractivity contribution in [2.24, 2.45) is 5.92 Å². The second kappa shape index (κ2) is 10.9. The molecule has 0 unspecified atom stereocenters. The van der Waals surface area contributed by atoms with E-state index in [0.717, 1.165) is 4.67 Å². The number of aliphatic hydroxyl groups excluding tert-OH is 1. The third kappa shape index (κ3) is 5.15. The zero-order valence-corrected chi connectivity index (χ0v) is 21.4. The molecule has 15 heteroatoms. The molecular weight excluding hydrogens is 519 g/mol. The molecule has 1 saturated heterocycles. The molecular formula is C23H27N6O8P.